The highest BCUT2D eigenvalue weighted by Crippen LogP contribution is 2.30. The zero-order valence-corrected chi connectivity index (χ0v) is 9.26. The molecule has 0 spiro atoms. The molecule has 1 aliphatic heterocycles. The monoisotopic (exact) mass is 225 g/mol. The fraction of sp³-hybridized carbons (Fsp3) is 0.300. The predicted octanol–water partition coefficient (Wildman–Crippen LogP) is 1.11. The van der Waals surface area contributed by atoms with Gasteiger partial charge in [0, 0.05) is 0 Å². The third-order valence-corrected chi connectivity index (χ3v) is 4.65. The fourth-order valence-electron chi connectivity index (χ4n) is 1.56. The largest absolute Gasteiger partial charge is 0.324 e. The summed E-state index contributed by atoms with van der Waals surface area (Å²) in [6.45, 7) is 3.24. The highest BCUT2D eigenvalue weighted by atomic mass is 32.2. The van der Waals surface area contributed by atoms with Gasteiger partial charge in [0.25, 0.3) is 0 Å². The Balaban J connectivity index is 2.72. The summed E-state index contributed by atoms with van der Waals surface area (Å²) in [4.78, 5) is 11.6. The molecule has 2 rings (SSSR count). The minimum absolute atomic E-state index is 0.209. The standard InChI is InChI=1S/C10H11NO3S/c1-6-3-4-9-8(5-6)11-10(12)7(2)15(9,13)14/h3-5,7H,1-2H3,(H,11,12). The number of fused-ring (bicyclic) bond motifs is 1. The van der Waals surface area contributed by atoms with Crippen LogP contribution in [-0.2, 0) is 14.6 Å². The summed E-state index contributed by atoms with van der Waals surface area (Å²) in [5, 5.41) is 1.58. The molecule has 0 fully saturated rings. The molecule has 1 N–H and O–H groups in total. The first-order valence-corrected chi connectivity index (χ1v) is 6.13. The third-order valence-electron chi connectivity index (χ3n) is 2.53. The first-order valence-electron chi connectivity index (χ1n) is 4.58. The summed E-state index contributed by atoms with van der Waals surface area (Å²) in [7, 11) is -3.50. The molecule has 0 saturated heterocycles. The Morgan fingerprint density at radius 2 is 2.00 bits per heavy atom. The second-order valence-corrected chi connectivity index (χ2v) is 5.91. The van der Waals surface area contributed by atoms with Crippen LogP contribution >= 0.6 is 0 Å². The van der Waals surface area contributed by atoms with Crippen molar-refractivity contribution in [1.29, 1.82) is 0 Å². The van der Waals surface area contributed by atoms with Crippen LogP contribution in [0.2, 0.25) is 0 Å². The quantitative estimate of drug-likeness (QED) is 0.719. The highest BCUT2D eigenvalue weighted by molar-refractivity contribution is 7.93. The van der Waals surface area contributed by atoms with Crippen molar-refractivity contribution >= 4 is 21.4 Å². The Labute approximate surface area is 88.2 Å². The molecule has 4 nitrogen and oxygen atoms in total. The molecule has 0 saturated carbocycles. The number of carbonyl (C=O) groups excluding carboxylic acids is 1. The number of nitrogens with one attached hydrogen (secondary N) is 1. The van der Waals surface area contributed by atoms with Crippen molar-refractivity contribution < 1.29 is 13.2 Å². The Morgan fingerprint density at radius 1 is 1.33 bits per heavy atom. The minimum Gasteiger partial charge on any atom is -0.324 e. The lowest BCUT2D eigenvalue weighted by Crippen LogP contribution is -2.37. The van der Waals surface area contributed by atoms with Gasteiger partial charge in [-0.1, -0.05) is 6.07 Å². The molecule has 1 atom stereocenters. The van der Waals surface area contributed by atoms with Gasteiger partial charge in [0.2, 0.25) is 5.91 Å². The van der Waals surface area contributed by atoms with E-state index in [2.05, 4.69) is 5.32 Å². The summed E-state index contributed by atoms with van der Waals surface area (Å²) < 4.78 is 23.7. The zero-order valence-electron chi connectivity index (χ0n) is 8.44. The molecule has 0 aromatic heterocycles. The van der Waals surface area contributed by atoms with Crippen LogP contribution in [0.5, 0.6) is 0 Å². The van der Waals surface area contributed by atoms with Crippen molar-refractivity contribution in [3.05, 3.63) is 23.8 Å². The number of hydrogen-bond acceptors (Lipinski definition) is 3. The molecule has 1 heterocycles. The van der Waals surface area contributed by atoms with E-state index in [4.69, 9.17) is 0 Å². The van der Waals surface area contributed by atoms with Crippen LogP contribution in [0, 0.1) is 6.92 Å². The fourth-order valence-corrected chi connectivity index (χ4v) is 2.95. The molecule has 0 aliphatic carbocycles. The Kier molecular flexibility index (Phi) is 2.08. The second kappa shape index (κ2) is 3.06. The van der Waals surface area contributed by atoms with Gasteiger partial charge in [0.1, 0.15) is 5.25 Å². The number of sulfone groups is 1. The number of aryl methyl sites for hydroxylation is 1. The van der Waals surface area contributed by atoms with E-state index in [1.54, 1.807) is 12.1 Å². The van der Waals surface area contributed by atoms with Crippen molar-refractivity contribution in [2.75, 3.05) is 5.32 Å². The van der Waals surface area contributed by atoms with Gasteiger partial charge in [-0.25, -0.2) is 8.42 Å². The van der Waals surface area contributed by atoms with Gasteiger partial charge in [0.15, 0.2) is 9.84 Å². The normalized spacial score (nSPS) is 23.1. The topological polar surface area (TPSA) is 63.2 Å². The summed E-state index contributed by atoms with van der Waals surface area (Å²) in [5.74, 6) is -0.465. The Bertz CT molecular complexity index is 534. The second-order valence-electron chi connectivity index (χ2n) is 3.68. The van der Waals surface area contributed by atoms with E-state index in [1.165, 1.54) is 13.0 Å². The smallest absolute Gasteiger partial charge is 0.242 e. The van der Waals surface area contributed by atoms with Gasteiger partial charge < -0.3 is 5.32 Å². The van der Waals surface area contributed by atoms with Crippen LogP contribution in [-0.4, -0.2) is 19.6 Å². The Hall–Kier alpha value is -1.36. The van der Waals surface area contributed by atoms with Gasteiger partial charge in [0.05, 0.1) is 10.6 Å². The van der Waals surface area contributed by atoms with Crippen molar-refractivity contribution in [2.24, 2.45) is 0 Å². The summed E-state index contributed by atoms with van der Waals surface area (Å²) in [6.07, 6.45) is 0. The molecule has 1 aromatic rings. The zero-order chi connectivity index (χ0) is 11.2. The van der Waals surface area contributed by atoms with E-state index >= 15 is 0 Å². The summed E-state index contributed by atoms with van der Waals surface area (Å²) >= 11 is 0. The number of hydrogen-bond donors (Lipinski definition) is 1. The van der Waals surface area contributed by atoms with Gasteiger partial charge in [-0.15, -0.1) is 0 Å². The maximum absolute atomic E-state index is 11.9. The third kappa shape index (κ3) is 1.43. The molecule has 0 radical (unpaired) electrons. The average Bonchev–Trinajstić information content (AvgIpc) is 2.14. The van der Waals surface area contributed by atoms with E-state index in [0.717, 1.165) is 5.56 Å². The van der Waals surface area contributed by atoms with Crippen LogP contribution in [0.25, 0.3) is 0 Å². The lowest BCUT2D eigenvalue weighted by Gasteiger charge is -2.22. The van der Waals surface area contributed by atoms with Crippen molar-refractivity contribution in [3.8, 4) is 0 Å². The summed E-state index contributed by atoms with van der Waals surface area (Å²) in [5.41, 5.74) is 1.30. The number of anilines is 1. The van der Waals surface area contributed by atoms with Crippen LogP contribution < -0.4 is 5.32 Å². The van der Waals surface area contributed by atoms with Gasteiger partial charge in [-0.3, -0.25) is 4.79 Å². The highest BCUT2D eigenvalue weighted by Gasteiger charge is 2.36. The molecule has 1 aliphatic rings. The molecular weight excluding hydrogens is 214 g/mol. The molecule has 5 heteroatoms. The predicted molar refractivity (Wildman–Crippen MR) is 56.5 cm³/mol. The van der Waals surface area contributed by atoms with E-state index in [-0.39, 0.29) is 4.90 Å². The van der Waals surface area contributed by atoms with Crippen molar-refractivity contribution in [3.63, 3.8) is 0 Å². The number of carbonyl (C=O) groups is 1. The first-order chi connectivity index (χ1) is 6.93. The van der Waals surface area contributed by atoms with Crippen LogP contribution in [0.15, 0.2) is 23.1 Å². The van der Waals surface area contributed by atoms with Gasteiger partial charge >= 0.3 is 0 Å². The van der Waals surface area contributed by atoms with Gasteiger partial charge in [-0.05, 0) is 31.5 Å². The average molecular weight is 225 g/mol. The van der Waals surface area contributed by atoms with Crippen LogP contribution in [0.4, 0.5) is 5.69 Å². The van der Waals surface area contributed by atoms with E-state index in [0.29, 0.717) is 5.69 Å². The molecule has 0 bridgehead atoms. The molecule has 80 valence electrons. The van der Waals surface area contributed by atoms with Crippen molar-refractivity contribution in [2.45, 2.75) is 24.0 Å². The molecule has 1 unspecified atom stereocenters. The van der Waals surface area contributed by atoms with Crippen molar-refractivity contribution in [1.82, 2.24) is 0 Å². The molecule has 1 aromatic carbocycles. The molecule has 15 heavy (non-hydrogen) atoms. The van der Waals surface area contributed by atoms with E-state index < -0.39 is 21.0 Å². The first kappa shape index (κ1) is 10.2. The number of benzene rings is 1. The maximum Gasteiger partial charge on any atom is 0.242 e. The lowest BCUT2D eigenvalue weighted by molar-refractivity contribution is -0.115. The SMILES string of the molecule is Cc1ccc2c(c1)NC(=O)C(C)S2(=O)=O. The van der Waals surface area contributed by atoms with E-state index in [1.807, 2.05) is 6.92 Å². The molecule has 1 amide bonds. The van der Waals surface area contributed by atoms with Gasteiger partial charge in [-0.2, -0.15) is 0 Å². The summed E-state index contributed by atoms with van der Waals surface area (Å²) in [6, 6.07) is 4.92. The number of amides is 1. The Morgan fingerprint density at radius 3 is 2.67 bits per heavy atom. The molecular formula is C10H11NO3S. The lowest BCUT2D eigenvalue weighted by atomic mass is 10.2. The number of rotatable bonds is 0. The maximum atomic E-state index is 11.9. The minimum atomic E-state index is -3.50. The van der Waals surface area contributed by atoms with Crippen LogP contribution in [0.3, 0.4) is 0 Å². The van der Waals surface area contributed by atoms with Crippen LogP contribution in [0.1, 0.15) is 12.5 Å². The van der Waals surface area contributed by atoms with E-state index in [9.17, 15) is 13.2 Å².